The zero-order valence-electron chi connectivity index (χ0n) is 19.8. The Morgan fingerprint density at radius 3 is 2.67 bits per heavy atom. The maximum Gasteiger partial charge on any atom is 0.414 e. The van der Waals surface area contributed by atoms with Gasteiger partial charge in [-0.05, 0) is 50.6 Å². The second kappa shape index (κ2) is 9.82. The van der Waals surface area contributed by atoms with Crippen molar-refractivity contribution < 1.29 is 23.4 Å². The summed E-state index contributed by atoms with van der Waals surface area (Å²) in [4.78, 5) is 22.0. The van der Waals surface area contributed by atoms with Crippen LogP contribution in [0.1, 0.15) is 20.8 Å². The van der Waals surface area contributed by atoms with Gasteiger partial charge in [-0.1, -0.05) is 19.6 Å². The SMILES string of the molecule is CC(C)(C)OC(=O)N1C=CC(F)=C(Oc2nc(Cl)nc3c2ccn3COCC[Si](C)(C)C)C1. The van der Waals surface area contributed by atoms with Gasteiger partial charge in [0.15, 0.2) is 17.2 Å². The molecule has 8 nitrogen and oxygen atoms in total. The van der Waals surface area contributed by atoms with Crippen molar-refractivity contribution >= 4 is 36.8 Å². The molecule has 0 aromatic carbocycles. The van der Waals surface area contributed by atoms with Gasteiger partial charge in [-0.2, -0.15) is 9.97 Å². The topological polar surface area (TPSA) is 78.7 Å². The third kappa shape index (κ3) is 7.02. The Balaban J connectivity index is 1.76. The van der Waals surface area contributed by atoms with Crippen LogP contribution in [0.4, 0.5) is 9.18 Å². The predicted octanol–water partition coefficient (Wildman–Crippen LogP) is 5.72. The lowest BCUT2D eigenvalue weighted by Crippen LogP contribution is -2.36. The summed E-state index contributed by atoms with van der Waals surface area (Å²) in [7, 11) is -1.19. The Kier molecular flexibility index (Phi) is 7.50. The molecule has 0 aliphatic carbocycles. The fraction of sp³-hybridized carbons (Fsp3) is 0.500. The van der Waals surface area contributed by atoms with Crippen LogP contribution in [0.3, 0.4) is 0 Å². The fourth-order valence-electron chi connectivity index (χ4n) is 2.91. The number of amides is 1. The Morgan fingerprint density at radius 2 is 2.00 bits per heavy atom. The first kappa shape index (κ1) is 25.2. The van der Waals surface area contributed by atoms with E-state index >= 15 is 0 Å². The Morgan fingerprint density at radius 1 is 1.27 bits per heavy atom. The van der Waals surface area contributed by atoms with Gasteiger partial charge in [0.25, 0.3) is 0 Å². The molecule has 0 unspecified atom stereocenters. The zero-order chi connectivity index (χ0) is 24.4. The molecule has 3 heterocycles. The van der Waals surface area contributed by atoms with E-state index in [1.807, 2.05) is 0 Å². The number of allylic oxidation sites excluding steroid dienone is 2. The van der Waals surface area contributed by atoms with Crippen molar-refractivity contribution in [3.05, 3.63) is 41.4 Å². The van der Waals surface area contributed by atoms with Crippen LogP contribution in [-0.4, -0.2) is 52.4 Å². The molecule has 0 bridgehead atoms. The normalized spacial score (nSPS) is 14.8. The van der Waals surface area contributed by atoms with E-state index in [-0.39, 0.29) is 23.5 Å². The minimum Gasteiger partial charge on any atom is -0.443 e. The molecule has 0 saturated carbocycles. The summed E-state index contributed by atoms with van der Waals surface area (Å²) >= 11 is 6.12. The number of halogens is 2. The van der Waals surface area contributed by atoms with Crippen LogP contribution in [0.5, 0.6) is 5.88 Å². The van der Waals surface area contributed by atoms with E-state index in [0.717, 1.165) is 12.1 Å². The molecular formula is C22H30ClFN4O4Si. The summed E-state index contributed by atoms with van der Waals surface area (Å²) in [6, 6.07) is 2.80. The average Bonchev–Trinajstić information content (AvgIpc) is 3.07. The van der Waals surface area contributed by atoms with Gasteiger partial charge in [0.2, 0.25) is 11.2 Å². The molecular weight excluding hydrogens is 467 g/mol. The second-order valence-electron chi connectivity index (χ2n) is 9.97. The number of hydrogen-bond donors (Lipinski definition) is 0. The number of hydrogen-bond acceptors (Lipinski definition) is 6. The summed E-state index contributed by atoms with van der Waals surface area (Å²) in [5, 5.41) is 0.503. The van der Waals surface area contributed by atoms with Crippen LogP contribution in [0.15, 0.2) is 36.1 Å². The van der Waals surface area contributed by atoms with Gasteiger partial charge >= 0.3 is 6.09 Å². The summed E-state index contributed by atoms with van der Waals surface area (Å²) < 4.78 is 33.2. The van der Waals surface area contributed by atoms with Crippen molar-refractivity contribution in [3.8, 4) is 5.88 Å². The molecule has 0 radical (unpaired) electrons. The van der Waals surface area contributed by atoms with E-state index in [1.54, 1.807) is 37.6 Å². The molecule has 0 N–H and O–H groups in total. The van der Waals surface area contributed by atoms with Crippen LogP contribution >= 0.6 is 11.6 Å². The van der Waals surface area contributed by atoms with E-state index < -0.39 is 25.6 Å². The lowest BCUT2D eigenvalue weighted by Gasteiger charge is -2.27. The van der Waals surface area contributed by atoms with E-state index in [0.29, 0.717) is 24.4 Å². The van der Waals surface area contributed by atoms with Crippen molar-refractivity contribution in [2.24, 2.45) is 0 Å². The van der Waals surface area contributed by atoms with Crippen LogP contribution in [0.25, 0.3) is 11.0 Å². The molecule has 1 aliphatic rings. The molecule has 2 aromatic rings. The highest BCUT2D eigenvalue weighted by Crippen LogP contribution is 2.29. The molecule has 11 heteroatoms. The molecule has 0 saturated heterocycles. The van der Waals surface area contributed by atoms with Gasteiger partial charge in [0.05, 0.1) is 11.9 Å². The summed E-state index contributed by atoms with van der Waals surface area (Å²) in [6.45, 7) is 12.9. The van der Waals surface area contributed by atoms with Crippen LogP contribution < -0.4 is 4.74 Å². The molecule has 33 heavy (non-hydrogen) atoms. The molecule has 0 atom stereocenters. The standard InChI is InChI=1S/C22H30ClFN4O4Si/c1-22(2,3)32-21(29)27-10-8-16(24)17(13-27)31-19-15-7-9-28(18(15)25-20(23)26-19)14-30-11-12-33(4,5)6/h7-10H,11-14H2,1-6H3. The highest BCUT2D eigenvalue weighted by atomic mass is 35.5. The fourth-order valence-corrected chi connectivity index (χ4v) is 3.82. The average molecular weight is 497 g/mol. The first-order chi connectivity index (χ1) is 15.3. The Bertz CT molecular complexity index is 1090. The highest BCUT2D eigenvalue weighted by molar-refractivity contribution is 6.76. The molecule has 180 valence electrons. The maximum absolute atomic E-state index is 14.5. The Hall–Kier alpha value is -2.43. The number of ether oxygens (including phenoxy) is 3. The van der Waals surface area contributed by atoms with Crippen molar-refractivity contribution in [1.82, 2.24) is 19.4 Å². The quantitative estimate of drug-likeness (QED) is 0.277. The Labute approximate surface area is 199 Å². The van der Waals surface area contributed by atoms with Gasteiger partial charge in [-0.25, -0.2) is 9.18 Å². The minimum atomic E-state index is -1.19. The molecule has 3 rings (SSSR count). The molecule has 1 aliphatic heterocycles. The van der Waals surface area contributed by atoms with Gasteiger partial charge in [-0.15, -0.1) is 0 Å². The minimum absolute atomic E-state index is 0.0455. The summed E-state index contributed by atoms with van der Waals surface area (Å²) in [5.74, 6) is -0.610. The maximum atomic E-state index is 14.5. The van der Waals surface area contributed by atoms with Crippen LogP contribution in [0.2, 0.25) is 31.0 Å². The van der Waals surface area contributed by atoms with Gasteiger partial charge < -0.3 is 18.8 Å². The summed E-state index contributed by atoms with van der Waals surface area (Å²) in [5.41, 5.74) is -0.174. The van der Waals surface area contributed by atoms with Crippen molar-refractivity contribution in [3.63, 3.8) is 0 Å². The highest BCUT2D eigenvalue weighted by Gasteiger charge is 2.26. The molecule has 0 spiro atoms. The van der Waals surface area contributed by atoms with Crippen molar-refractivity contribution in [2.45, 2.75) is 58.8 Å². The van der Waals surface area contributed by atoms with Crippen LogP contribution in [0, 0.1) is 0 Å². The van der Waals surface area contributed by atoms with E-state index in [1.165, 1.54) is 11.1 Å². The number of nitrogens with zero attached hydrogens (tertiary/aromatic N) is 4. The third-order valence-electron chi connectivity index (χ3n) is 4.61. The smallest absolute Gasteiger partial charge is 0.414 e. The number of aromatic nitrogens is 3. The third-order valence-corrected chi connectivity index (χ3v) is 6.49. The van der Waals surface area contributed by atoms with Gasteiger partial charge in [0.1, 0.15) is 12.3 Å². The first-order valence-corrected chi connectivity index (χ1v) is 14.8. The van der Waals surface area contributed by atoms with Crippen molar-refractivity contribution in [1.29, 1.82) is 0 Å². The number of carbonyl (C=O) groups excluding carboxylic acids is 1. The number of fused-ring (bicyclic) bond motifs is 1. The molecule has 2 aromatic heterocycles. The number of carbonyl (C=O) groups is 1. The van der Waals surface area contributed by atoms with E-state index in [4.69, 9.17) is 25.8 Å². The first-order valence-electron chi connectivity index (χ1n) is 10.7. The van der Waals surface area contributed by atoms with Gasteiger partial charge in [-0.3, -0.25) is 4.90 Å². The van der Waals surface area contributed by atoms with Gasteiger partial charge in [0, 0.05) is 27.1 Å². The number of rotatable bonds is 7. The molecule has 1 amide bonds. The zero-order valence-corrected chi connectivity index (χ0v) is 21.6. The summed E-state index contributed by atoms with van der Waals surface area (Å²) in [6.07, 6.45) is 3.63. The lowest BCUT2D eigenvalue weighted by molar-refractivity contribution is 0.0330. The monoisotopic (exact) mass is 496 g/mol. The van der Waals surface area contributed by atoms with E-state index in [2.05, 4.69) is 29.6 Å². The van der Waals surface area contributed by atoms with Crippen molar-refractivity contribution in [2.75, 3.05) is 13.2 Å². The second-order valence-corrected chi connectivity index (χ2v) is 15.9. The van der Waals surface area contributed by atoms with Crippen LogP contribution in [-0.2, 0) is 16.2 Å². The van der Waals surface area contributed by atoms with E-state index in [9.17, 15) is 9.18 Å². The predicted molar refractivity (Wildman–Crippen MR) is 127 cm³/mol. The molecule has 0 fully saturated rings. The lowest BCUT2D eigenvalue weighted by atomic mass is 10.2. The largest absolute Gasteiger partial charge is 0.443 e.